The van der Waals surface area contributed by atoms with Gasteiger partial charge in [-0.2, -0.15) is 5.10 Å². The monoisotopic (exact) mass is 528 g/mol. The van der Waals surface area contributed by atoms with Crippen molar-refractivity contribution < 1.29 is 22.8 Å². The fraction of sp³-hybridized carbons (Fsp3) is 0.370. The number of nitrogens with zero attached hydrogens (tertiary/aromatic N) is 4. The van der Waals surface area contributed by atoms with Crippen LogP contribution in [-0.2, 0) is 19.0 Å². The van der Waals surface area contributed by atoms with Crippen molar-refractivity contribution in [1.82, 2.24) is 19.6 Å². The normalized spacial score (nSPS) is 14.4. The molecule has 1 fully saturated rings. The summed E-state index contributed by atoms with van der Waals surface area (Å²) in [6.45, 7) is 7.73. The third kappa shape index (κ3) is 6.16. The fourth-order valence-electron chi connectivity index (χ4n) is 4.19. The van der Waals surface area contributed by atoms with E-state index < -0.39 is 35.0 Å². The lowest BCUT2D eigenvalue weighted by Crippen LogP contribution is -2.48. The number of carbonyl (C=O) groups is 2. The van der Waals surface area contributed by atoms with Gasteiger partial charge in [-0.3, -0.25) is 19.7 Å². The molecule has 3 amide bonds. The maximum Gasteiger partial charge on any atom is 0.324 e. The Hall–Kier alpha value is -3.86. The van der Waals surface area contributed by atoms with Crippen molar-refractivity contribution >= 4 is 23.4 Å². The number of carbonyl (C=O) groups excluding carboxylic acids is 2. The van der Waals surface area contributed by atoms with Gasteiger partial charge in [-0.05, 0) is 24.3 Å². The van der Waals surface area contributed by atoms with Gasteiger partial charge in [0, 0.05) is 62.5 Å². The molecule has 2 N–H and O–H groups in total. The summed E-state index contributed by atoms with van der Waals surface area (Å²) >= 11 is 0. The predicted molar refractivity (Wildman–Crippen MR) is 138 cm³/mol. The highest BCUT2D eigenvalue weighted by Crippen LogP contribution is 2.24. The van der Waals surface area contributed by atoms with Crippen molar-refractivity contribution in [2.24, 2.45) is 7.05 Å². The van der Waals surface area contributed by atoms with Crippen LogP contribution in [0.4, 0.5) is 29.5 Å². The third-order valence-corrected chi connectivity index (χ3v) is 6.43. The second-order valence-corrected chi connectivity index (χ2v) is 10.3. The molecule has 202 valence electrons. The van der Waals surface area contributed by atoms with Gasteiger partial charge in [0.2, 0.25) is 0 Å². The summed E-state index contributed by atoms with van der Waals surface area (Å²) in [5, 5.41) is 9.77. The molecule has 2 heterocycles. The first-order valence-corrected chi connectivity index (χ1v) is 12.3. The summed E-state index contributed by atoms with van der Waals surface area (Å²) in [5.74, 6) is -2.44. The van der Waals surface area contributed by atoms with Crippen LogP contribution in [0.2, 0.25) is 0 Å². The topological polar surface area (TPSA) is 82.5 Å². The van der Waals surface area contributed by atoms with E-state index in [2.05, 4.69) is 15.7 Å². The molecule has 4 rings (SSSR count). The van der Waals surface area contributed by atoms with Gasteiger partial charge < -0.3 is 10.2 Å². The number of benzene rings is 2. The SMILES string of the molecule is Cn1nc(C(C)(C)C)cc1NC(=O)Nc1ccc(CN2CCN(C(=O)c3c(F)cccc3F)CC2)c(F)c1. The van der Waals surface area contributed by atoms with E-state index in [0.717, 1.165) is 17.8 Å². The molecule has 0 aliphatic carbocycles. The van der Waals surface area contributed by atoms with E-state index in [9.17, 15) is 22.8 Å². The van der Waals surface area contributed by atoms with Crippen molar-refractivity contribution in [1.29, 1.82) is 0 Å². The Labute approximate surface area is 219 Å². The highest BCUT2D eigenvalue weighted by Gasteiger charge is 2.27. The minimum absolute atomic E-state index is 0.174. The van der Waals surface area contributed by atoms with Gasteiger partial charge in [-0.1, -0.05) is 32.9 Å². The maximum atomic E-state index is 14.8. The fourth-order valence-corrected chi connectivity index (χ4v) is 4.19. The van der Waals surface area contributed by atoms with Crippen molar-refractivity contribution in [2.75, 3.05) is 36.8 Å². The number of amides is 3. The zero-order valence-electron chi connectivity index (χ0n) is 21.8. The number of rotatable bonds is 5. The Balaban J connectivity index is 1.31. The first-order chi connectivity index (χ1) is 17.9. The molecule has 0 bridgehead atoms. The number of hydrogen-bond donors (Lipinski definition) is 2. The smallest absolute Gasteiger partial charge is 0.324 e. The number of urea groups is 1. The highest BCUT2D eigenvalue weighted by molar-refractivity contribution is 5.99. The van der Waals surface area contributed by atoms with Crippen LogP contribution in [0.15, 0.2) is 42.5 Å². The van der Waals surface area contributed by atoms with Crippen LogP contribution >= 0.6 is 0 Å². The first kappa shape index (κ1) is 27.2. The van der Waals surface area contributed by atoms with Crippen LogP contribution in [0.3, 0.4) is 0 Å². The molecule has 8 nitrogen and oxygen atoms in total. The van der Waals surface area contributed by atoms with E-state index in [-0.39, 0.29) is 18.5 Å². The summed E-state index contributed by atoms with van der Waals surface area (Å²) in [6, 6.07) is 9.06. The van der Waals surface area contributed by atoms with E-state index >= 15 is 0 Å². The van der Waals surface area contributed by atoms with Crippen LogP contribution in [-0.4, -0.2) is 57.7 Å². The number of piperazine rings is 1. The first-order valence-electron chi connectivity index (χ1n) is 12.3. The van der Waals surface area contributed by atoms with E-state index in [4.69, 9.17) is 0 Å². The standard InChI is InChI=1S/C27H31F3N6O2/c1-27(2,3)22-15-23(34(4)33-22)32-26(38)31-18-9-8-17(21(30)14-18)16-35-10-12-36(13-11-35)25(37)24-19(28)6-5-7-20(24)29/h5-9,14-15H,10-13,16H2,1-4H3,(H2,31,32,38). The molecular formula is C27H31F3N6O2. The van der Waals surface area contributed by atoms with Gasteiger partial charge in [0.25, 0.3) is 5.91 Å². The predicted octanol–water partition coefficient (Wildman–Crippen LogP) is 4.74. The lowest BCUT2D eigenvalue weighted by atomic mass is 9.92. The molecule has 0 atom stereocenters. The Morgan fingerprint density at radius 1 is 0.921 bits per heavy atom. The molecule has 0 saturated carbocycles. The zero-order valence-corrected chi connectivity index (χ0v) is 21.8. The van der Waals surface area contributed by atoms with Gasteiger partial charge in [-0.25, -0.2) is 18.0 Å². The van der Waals surface area contributed by atoms with E-state index in [1.165, 1.54) is 17.0 Å². The van der Waals surface area contributed by atoms with Crippen molar-refractivity contribution in [2.45, 2.75) is 32.7 Å². The average molecular weight is 529 g/mol. The van der Waals surface area contributed by atoms with Gasteiger partial charge in [0.1, 0.15) is 28.8 Å². The molecule has 0 spiro atoms. The van der Waals surface area contributed by atoms with Crippen LogP contribution in [0.25, 0.3) is 0 Å². The third-order valence-electron chi connectivity index (χ3n) is 6.43. The van der Waals surface area contributed by atoms with Crippen LogP contribution in [0.1, 0.15) is 42.4 Å². The number of halogens is 3. The van der Waals surface area contributed by atoms with Crippen molar-refractivity contribution in [3.05, 3.63) is 76.7 Å². The Bertz CT molecular complexity index is 1320. The molecule has 3 aromatic rings. The zero-order chi connectivity index (χ0) is 27.6. The molecule has 2 aromatic carbocycles. The number of aryl methyl sites for hydroxylation is 1. The molecule has 1 saturated heterocycles. The molecule has 0 unspecified atom stereocenters. The average Bonchev–Trinajstić information content (AvgIpc) is 3.21. The van der Waals surface area contributed by atoms with Gasteiger partial charge in [0.05, 0.1) is 5.69 Å². The van der Waals surface area contributed by atoms with Crippen LogP contribution in [0.5, 0.6) is 0 Å². The Kier molecular flexibility index (Phi) is 7.77. The maximum absolute atomic E-state index is 14.8. The number of anilines is 2. The summed E-state index contributed by atoms with van der Waals surface area (Å²) < 4.78 is 44.4. The molecule has 38 heavy (non-hydrogen) atoms. The summed E-state index contributed by atoms with van der Waals surface area (Å²) in [5.41, 5.74) is 0.821. The minimum atomic E-state index is -0.892. The van der Waals surface area contributed by atoms with Crippen molar-refractivity contribution in [3.63, 3.8) is 0 Å². The van der Waals surface area contributed by atoms with Gasteiger partial charge >= 0.3 is 6.03 Å². The number of hydrogen-bond acceptors (Lipinski definition) is 4. The molecule has 1 aromatic heterocycles. The molecular weight excluding hydrogens is 497 g/mol. The second-order valence-electron chi connectivity index (χ2n) is 10.3. The Morgan fingerprint density at radius 2 is 1.58 bits per heavy atom. The van der Waals surface area contributed by atoms with E-state index in [1.807, 2.05) is 25.7 Å². The quantitative estimate of drug-likeness (QED) is 0.502. The molecule has 0 radical (unpaired) electrons. The van der Waals surface area contributed by atoms with Crippen LogP contribution in [0, 0.1) is 17.5 Å². The lowest BCUT2D eigenvalue weighted by molar-refractivity contribution is 0.0617. The second kappa shape index (κ2) is 10.9. The lowest BCUT2D eigenvalue weighted by Gasteiger charge is -2.35. The largest absolute Gasteiger partial charge is 0.336 e. The molecule has 1 aliphatic rings. The van der Waals surface area contributed by atoms with Gasteiger partial charge in [0.15, 0.2) is 0 Å². The minimum Gasteiger partial charge on any atom is -0.336 e. The number of aromatic nitrogens is 2. The van der Waals surface area contributed by atoms with E-state index in [0.29, 0.717) is 36.7 Å². The van der Waals surface area contributed by atoms with E-state index in [1.54, 1.807) is 29.9 Å². The van der Waals surface area contributed by atoms with Crippen LogP contribution < -0.4 is 10.6 Å². The molecule has 1 aliphatic heterocycles. The number of nitrogens with one attached hydrogen (secondary N) is 2. The van der Waals surface area contributed by atoms with Gasteiger partial charge in [-0.15, -0.1) is 0 Å². The van der Waals surface area contributed by atoms with Crippen molar-refractivity contribution in [3.8, 4) is 0 Å². The summed E-state index contributed by atoms with van der Waals surface area (Å²) in [4.78, 5) is 28.4. The Morgan fingerprint density at radius 3 is 2.16 bits per heavy atom. The summed E-state index contributed by atoms with van der Waals surface area (Å²) in [7, 11) is 1.73. The molecule has 11 heteroatoms. The highest BCUT2D eigenvalue weighted by atomic mass is 19.1. The summed E-state index contributed by atoms with van der Waals surface area (Å²) in [6.07, 6.45) is 0.